The Kier molecular flexibility index (Phi) is 8.50. The van der Waals surface area contributed by atoms with Gasteiger partial charge in [0.15, 0.2) is 11.5 Å². The van der Waals surface area contributed by atoms with Crippen LogP contribution in [0.1, 0.15) is 38.7 Å². The Bertz CT molecular complexity index is 1340. The number of hydrogen-bond donors (Lipinski definition) is 3. The fourth-order valence-corrected chi connectivity index (χ4v) is 4.54. The van der Waals surface area contributed by atoms with Crippen molar-refractivity contribution in [3.05, 3.63) is 77.6 Å². The summed E-state index contributed by atoms with van der Waals surface area (Å²) in [7, 11) is 3.07. The number of nitrogens with zero attached hydrogens (tertiary/aromatic N) is 3. The van der Waals surface area contributed by atoms with Crippen LogP contribution in [0.3, 0.4) is 0 Å². The molecule has 1 atom stereocenters. The fourth-order valence-electron chi connectivity index (χ4n) is 4.54. The van der Waals surface area contributed by atoms with Gasteiger partial charge < -0.3 is 35.4 Å². The first-order valence-corrected chi connectivity index (χ1v) is 12.4. The van der Waals surface area contributed by atoms with E-state index in [9.17, 15) is 19.5 Å². The second-order valence-electron chi connectivity index (χ2n) is 9.03. The first-order chi connectivity index (χ1) is 18.8. The number of nitrogen functional groups attached to an aromatic ring is 1. The molecule has 0 aliphatic carbocycles. The van der Waals surface area contributed by atoms with Crippen molar-refractivity contribution in [2.75, 3.05) is 51.0 Å². The van der Waals surface area contributed by atoms with Gasteiger partial charge in [0.05, 0.1) is 38.1 Å². The molecule has 11 heteroatoms. The van der Waals surface area contributed by atoms with Crippen LogP contribution >= 0.6 is 0 Å². The molecule has 1 aliphatic rings. The molecular weight excluding hydrogens is 502 g/mol. The number of ether oxygens (including phenoxy) is 2. The first-order valence-electron chi connectivity index (χ1n) is 12.4. The SMILES string of the molecule is COc1ccc(C(=O)N2CCN(c3ccc(C(=O)NC(CC(=O)O)c4cccnc4)cc3N)CC2)cc1OC. The molecule has 4 rings (SSSR count). The van der Waals surface area contributed by atoms with Gasteiger partial charge in [0.1, 0.15) is 0 Å². The maximum absolute atomic E-state index is 13.1. The molecule has 1 fully saturated rings. The molecule has 39 heavy (non-hydrogen) atoms. The summed E-state index contributed by atoms with van der Waals surface area (Å²) < 4.78 is 10.6. The third kappa shape index (κ3) is 6.38. The number of pyridine rings is 1. The summed E-state index contributed by atoms with van der Waals surface area (Å²) in [5, 5.41) is 12.0. The molecule has 0 spiro atoms. The number of carboxylic acid groups (broad SMARTS) is 1. The van der Waals surface area contributed by atoms with Crippen LogP contribution in [-0.2, 0) is 4.79 Å². The summed E-state index contributed by atoms with van der Waals surface area (Å²) in [6.45, 7) is 2.13. The number of aliphatic carboxylic acids is 1. The first kappa shape index (κ1) is 27.2. The van der Waals surface area contributed by atoms with Crippen molar-refractivity contribution in [2.45, 2.75) is 12.5 Å². The van der Waals surface area contributed by atoms with Crippen molar-refractivity contribution in [1.29, 1.82) is 0 Å². The zero-order valence-electron chi connectivity index (χ0n) is 21.8. The predicted octanol–water partition coefficient (Wildman–Crippen LogP) is 2.59. The number of nitrogens with two attached hydrogens (primary N) is 1. The van der Waals surface area contributed by atoms with Gasteiger partial charge in [-0.3, -0.25) is 19.4 Å². The summed E-state index contributed by atoms with van der Waals surface area (Å²) in [6, 6.07) is 12.8. The number of amides is 2. The number of aromatic nitrogens is 1. The lowest BCUT2D eigenvalue weighted by Gasteiger charge is -2.36. The van der Waals surface area contributed by atoms with Crippen molar-refractivity contribution in [3.8, 4) is 11.5 Å². The van der Waals surface area contributed by atoms with Gasteiger partial charge in [-0.15, -0.1) is 0 Å². The zero-order valence-corrected chi connectivity index (χ0v) is 21.8. The van der Waals surface area contributed by atoms with Crippen molar-refractivity contribution < 1.29 is 29.0 Å². The molecule has 2 amide bonds. The molecule has 1 saturated heterocycles. The number of rotatable bonds is 9. The molecule has 3 aromatic rings. The number of benzene rings is 2. The highest BCUT2D eigenvalue weighted by Crippen LogP contribution is 2.29. The van der Waals surface area contributed by atoms with Crippen LogP contribution in [0, 0.1) is 0 Å². The minimum Gasteiger partial charge on any atom is -0.493 e. The van der Waals surface area contributed by atoms with Gasteiger partial charge in [-0.1, -0.05) is 6.07 Å². The molecule has 1 aliphatic heterocycles. The van der Waals surface area contributed by atoms with Gasteiger partial charge >= 0.3 is 5.97 Å². The second kappa shape index (κ2) is 12.2. The summed E-state index contributed by atoms with van der Waals surface area (Å²) in [6.07, 6.45) is 2.83. The Labute approximate surface area is 226 Å². The molecule has 2 aromatic carbocycles. The van der Waals surface area contributed by atoms with Gasteiger partial charge in [0, 0.05) is 49.7 Å². The van der Waals surface area contributed by atoms with Crippen molar-refractivity contribution >= 4 is 29.2 Å². The van der Waals surface area contributed by atoms with Crippen LogP contribution in [-0.4, -0.2) is 73.2 Å². The highest BCUT2D eigenvalue weighted by Gasteiger charge is 2.25. The van der Waals surface area contributed by atoms with E-state index in [1.807, 2.05) is 0 Å². The Morgan fingerprint density at radius 2 is 1.72 bits per heavy atom. The number of carbonyl (C=O) groups excluding carboxylic acids is 2. The fraction of sp³-hybridized carbons (Fsp3) is 0.286. The lowest BCUT2D eigenvalue weighted by Crippen LogP contribution is -2.49. The van der Waals surface area contributed by atoms with Gasteiger partial charge in [-0.2, -0.15) is 0 Å². The molecule has 1 unspecified atom stereocenters. The zero-order chi connectivity index (χ0) is 27.9. The van der Waals surface area contributed by atoms with E-state index in [1.165, 1.54) is 13.3 Å². The van der Waals surface area contributed by atoms with Gasteiger partial charge in [-0.05, 0) is 48.0 Å². The van der Waals surface area contributed by atoms with E-state index in [2.05, 4.69) is 15.2 Å². The predicted molar refractivity (Wildman–Crippen MR) is 145 cm³/mol. The Morgan fingerprint density at radius 1 is 1.00 bits per heavy atom. The van der Waals surface area contributed by atoms with Crippen LogP contribution in [0.2, 0.25) is 0 Å². The summed E-state index contributed by atoms with van der Waals surface area (Å²) in [4.78, 5) is 45.2. The Balaban J connectivity index is 1.40. The molecule has 0 bridgehead atoms. The van der Waals surface area contributed by atoms with Crippen molar-refractivity contribution in [3.63, 3.8) is 0 Å². The summed E-state index contributed by atoms with van der Waals surface area (Å²) >= 11 is 0. The number of piperazine rings is 1. The topological polar surface area (TPSA) is 147 Å². The normalized spacial score (nSPS) is 13.9. The van der Waals surface area contributed by atoms with E-state index in [1.54, 1.807) is 66.7 Å². The molecule has 204 valence electrons. The second-order valence-corrected chi connectivity index (χ2v) is 9.03. The maximum Gasteiger partial charge on any atom is 0.305 e. The number of anilines is 2. The highest BCUT2D eigenvalue weighted by molar-refractivity contribution is 5.97. The highest BCUT2D eigenvalue weighted by atomic mass is 16.5. The van der Waals surface area contributed by atoms with E-state index in [0.29, 0.717) is 60.1 Å². The van der Waals surface area contributed by atoms with E-state index < -0.39 is 17.9 Å². The van der Waals surface area contributed by atoms with Crippen LogP contribution in [0.5, 0.6) is 11.5 Å². The number of methoxy groups -OCH3 is 2. The lowest BCUT2D eigenvalue weighted by atomic mass is 10.0. The average molecular weight is 534 g/mol. The smallest absolute Gasteiger partial charge is 0.305 e. The van der Waals surface area contributed by atoms with Crippen LogP contribution in [0.25, 0.3) is 0 Å². The molecule has 11 nitrogen and oxygen atoms in total. The van der Waals surface area contributed by atoms with E-state index in [4.69, 9.17) is 15.2 Å². The lowest BCUT2D eigenvalue weighted by molar-refractivity contribution is -0.137. The quantitative estimate of drug-likeness (QED) is 0.353. The largest absolute Gasteiger partial charge is 0.493 e. The third-order valence-electron chi connectivity index (χ3n) is 6.60. The Hall–Kier alpha value is -4.80. The Morgan fingerprint density at radius 3 is 2.33 bits per heavy atom. The van der Waals surface area contributed by atoms with E-state index >= 15 is 0 Å². The standard InChI is InChI=1S/C28H31N5O6/c1-38-24-8-6-19(15-25(24)39-2)28(37)33-12-10-32(11-13-33)23-7-5-18(14-21(23)29)27(36)31-22(16-26(34)35)20-4-3-9-30-17-20/h3-9,14-15,17,22H,10-13,16,29H2,1-2H3,(H,31,36)(H,34,35). The van der Waals surface area contributed by atoms with Gasteiger partial charge in [0.25, 0.3) is 11.8 Å². The van der Waals surface area contributed by atoms with Gasteiger partial charge in [0.2, 0.25) is 0 Å². The maximum atomic E-state index is 13.1. The van der Waals surface area contributed by atoms with Gasteiger partial charge in [-0.25, -0.2) is 0 Å². The van der Waals surface area contributed by atoms with Crippen molar-refractivity contribution in [2.24, 2.45) is 0 Å². The minimum absolute atomic E-state index is 0.0971. The molecular formula is C28H31N5O6. The molecule has 4 N–H and O–H groups in total. The molecule has 1 aromatic heterocycles. The monoisotopic (exact) mass is 533 g/mol. The molecule has 2 heterocycles. The summed E-state index contributed by atoms with van der Waals surface area (Å²) in [5.74, 6) is -0.522. The number of hydrogen-bond acceptors (Lipinski definition) is 8. The van der Waals surface area contributed by atoms with Crippen LogP contribution in [0.15, 0.2) is 60.9 Å². The average Bonchev–Trinajstić information content (AvgIpc) is 2.96. The van der Waals surface area contributed by atoms with Crippen LogP contribution in [0.4, 0.5) is 11.4 Å². The molecule has 0 radical (unpaired) electrons. The summed E-state index contributed by atoms with van der Waals surface area (Å²) in [5.41, 5.74) is 8.93. The third-order valence-corrected chi connectivity index (χ3v) is 6.60. The van der Waals surface area contributed by atoms with E-state index in [-0.39, 0.29) is 12.3 Å². The minimum atomic E-state index is -1.04. The van der Waals surface area contributed by atoms with Crippen molar-refractivity contribution in [1.82, 2.24) is 15.2 Å². The molecule has 0 saturated carbocycles. The number of nitrogens with one attached hydrogen (secondary N) is 1. The number of carboxylic acids is 1. The number of carbonyl (C=O) groups is 3. The van der Waals surface area contributed by atoms with E-state index in [0.717, 1.165) is 5.69 Å². The van der Waals surface area contributed by atoms with Crippen LogP contribution < -0.4 is 25.4 Å².